The van der Waals surface area contributed by atoms with Crippen LogP contribution in [0.3, 0.4) is 0 Å². The maximum atomic E-state index is 12.5. The van der Waals surface area contributed by atoms with E-state index in [1.807, 2.05) is 13.8 Å². The third kappa shape index (κ3) is 5.66. The summed E-state index contributed by atoms with van der Waals surface area (Å²) in [4.78, 5) is 48.0. The molecule has 0 fully saturated rings. The van der Waals surface area contributed by atoms with Crippen molar-refractivity contribution in [2.45, 2.75) is 39.7 Å². The first-order valence-electron chi connectivity index (χ1n) is 9.14. The van der Waals surface area contributed by atoms with Crippen LogP contribution < -0.4 is 10.9 Å². The number of H-pyrrole nitrogens is 1. The van der Waals surface area contributed by atoms with Gasteiger partial charge in [-0.3, -0.25) is 19.4 Å². The van der Waals surface area contributed by atoms with Crippen LogP contribution in [0.5, 0.6) is 0 Å². The fourth-order valence-electron chi connectivity index (χ4n) is 2.72. The SMILES string of the molecule is C=C(C)CCCNc1nc2c(ncn2CC(=O)N(CCC)CC(=O)O)c(=O)[nH]1. The molecule has 1 amide bonds. The lowest BCUT2D eigenvalue weighted by Gasteiger charge is -2.20. The third-order valence-electron chi connectivity index (χ3n) is 4.03. The van der Waals surface area contributed by atoms with Crippen LogP contribution in [0.15, 0.2) is 23.3 Å². The molecule has 2 aromatic rings. The Morgan fingerprint density at radius 1 is 1.43 bits per heavy atom. The second-order valence-electron chi connectivity index (χ2n) is 6.66. The lowest BCUT2D eigenvalue weighted by molar-refractivity contribution is -0.144. The van der Waals surface area contributed by atoms with Crippen molar-refractivity contribution >= 4 is 29.0 Å². The van der Waals surface area contributed by atoms with Gasteiger partial charge in [-0.2, -0.15) is 4.98 Å². The number of carboxylic acids is 1. The van der Waals surface area contributed by atoms with Gasteiger partial charge >= 0.3 is 5.97 Å². The molecule has 0 bridgehead atoms. The van der Waals surface area contributed by atoms with E-state index in [0.29, 0.717) is 25.5 Å². The predicted molar refractivity (Wildman–Crippen MR) is 105 cm³/mol. The van der Waals surface area contributed by atoms with Crippen LogP contribution in [0.2, 0.25) is 0 Å². The normalized spacial score (nSPS) is 10.8. The zero-order chi connectivity index (χ0) is 20.7. The second kappa shape index (κ2) is 9.67. The number of aromatic nitrogens is 4. The molecule has 28 heavy (non-hydrogen) atoms. The average molecular weight is 390 g/mol. The van der Waals surface area contributed by atoms with Gasteiger partial charge < -0.3 is 19.9 Å². The Hall–Kier alpha value is -3.17. The van der Waals surface area contributed by atoms with Crippen LogP contribution in [0.1, 0.15) is 33.1 Å². The van der Waals surface area contributed by atoms with Gasteiger partial charge in [0, 0.05) is 13.1 Å². The zero-order valence-electron chi connectivity index (χ0n) is 16.2. The standard InChI is InChI=1S/C18H26N6O4/c1-4-8-23(10-14(26)27)13(25)9-24-11-20-15-16(24)21-18(22-17(15)28)19-7-5-6-12(2)3/h11H,2,4-10H2,1,3H3,(H,26,27)(H2,19,21,22,28). The van der Waals surface area contributed by atoms with Crippen LogP contribution in [-0.4, -0.2) is 61.0 Å². The van der Waals surface area contributed by atoms with Gasteiger partial charge in [0.1, 0.15) is 13.1 Å². The molecule has 0 saturated carbocycles. The van der Waals surface area contributed by atoms with E-state index in [1.165, 1.54) is 15.8 Å². The van der Waals surface area contributed by atoms with Gasteiger partial charge in [0.15, 0.2) is 11.2 Å². The number of fused-ring (bicyclic) bond motifs is 1. The summed E-state index contributed by atoms with van der Waals surface area (Å²) >= 11 is 0. The molecule has 0 unspecified atom stereocenters. The number of imidazole rings is 1. The zero-order valence-corrected chi connectivity index (χ0v) is 16.2. The van der Waals surface area contributed by atoms with Crippen molar-refractivity contribution in [2.24, 2.45) is 0 Å². The number of allylic oxidation sites excluding steroid dienone is 1. The van der Waals surface area contributed by atoms with Crippen molar-refractivity contribution in [1.82, 2.24) is 24.4 Å². The van der Waals surface area contributed by atoms with Gasteiger partial charge in [-0.05, 0) is 26.2 Å². The van der Waals surface area contributed by atoms with Crippen molar-refractivity contribution < 1.29 is 14.7 Å². The van der Waals surface area contributed by atoms with Gasteiger partial charge in [0.25, 0.3) is 5.56 Å². The minimum Gasteiger partial charge on any atom is -0.480 e. The molecule has 0 aliphatic carbocycles. The quantitative estimate of drug-likeness (QED) is 0.388. The van der Waals surface area contributed by atoms with Gasteiger partial charge in [0.2, 0.25) is 11.9 Å². The third-order valence-corrected chi connectivity index (χ3v) is 4.03. The number of carbonyl (C=O) groups excluding carboxylic acids is 1. The molecule has 0 spiro atoms. The molecule has 2 heterocycles. The van der Waals surface area contributed by atoms with Crippen LogP contribution in [-0.2, 0) is 16.1 Å². The summed E-state index contributed by atoms with van der Waals surface area (Å²) in [6.07, 6.45) is 3.71. The minimum atomic E-state index is -1.08. The van der Waals surface area contributed by atoms with E-state index in [2.05, 4.69) is 26.8 Å². The Labute approximate surface area is 162 Å². The molecule has 0 aliphatic rings. The van der Waals surface area contributed by atoms with Gasteiger partial charge in [-0.15, -0.1) is 6.58 Å². The van der Waals surface area contributed by atoms with E-state index in [4.69, 9.17) is 5.11 Å². The minimum absolute atomic E-state index is 0.126. The number of aromatic amines is 1. The number of amides is 1. The molecule has 0 aliphatic heterocycles. The van der Waals surface area contributed by atoms with Crippen molar-refractivity contribution in [1.29, 1.82) is 0 Å². The van der Waals surface area contributed by atoms with Crippen LogP contribution in [0.4, 0.5) is 5.95 Å². The predicted octanol–water partition coefficient (Wildman–Crippen LogP) is 1.21. The lowest BCUT2D eigenvalue weighted by Crippen LogP contribution is -2.38. The monoisotopic (exact) mass is 390 g/mol. The van der Waals surface area contributed by atoms with Gasteiger partial charge in [-0.1, -0.05) is 12.5 Å². The maximum absolute atomic E-state index is 12.5. The Balaban J connectivity index is 2.18. The highest BCUT2D eigenvalue weighted by molar-refractivity contribution is 5.82. The number of hydrogen-bond acceptors (Lipinski definition) is 6. The highest BCUT2D eigenvalue weighted by Gasteiger charge is 2.18. The summed E-state index contributed by atoms with van der Waals surface area (Å²) in [5, 5.41) is 12.0. The summed E-state index contributed by atoms with van der Waals surface area (Å²) in [5.74, 6) is -1.15. The first-order chi connectivity index (χ1) is 13.3. The second-order valence-corrected chi connectivity index (χ2v) is 6.66. The van der Waals surface area contributed by atoms with Crippen LogP contribution in [0.25, 0.3) is 11.2 Å². The molecular weight excluding hydrogens is 364 g/mol. The molecular formula is C18H26N6O4. The molecule has 2 rings (SSSR count). The number of nitrogens with zero attached hydrogens (tertiary/aromatic N) is 4. The molecule has 2 aromatic heterocycles. The molecule has 10 heteroatoms. The van der Waals surface area contributed by atoms with Crippen molar-refractivity contribution in [3.63, 3.8) is 0 Å². The topological polar surface area (TPSA) is 133 Å². The van der Waals surface area contributed by atoms with Crippen molar-refractivity contribution in [3.8, 4) is 0 Å². The van der Waals surface area contributed by atoms with Gasteiger partial charge in [-0.25, -0.2) is 4.98 Å². The maximum Gasteiger partial charge on any atom is 0.323 e. The first-order valence-corrected chi connectivity index (χ1v) is 9.14. The highest BCUT2D eigenvalue weighted by Crippen LogP contribution is 2.09. The molecule has 0 radical (unpaired) electrons. The van der Waals surface area contributed by atoms with Crippen LogP contribution in [0, 0.1) is 0 Å². The number of hydrogen-bond donors (Lipinski definition) is 3. The van der Waals surface area contributed by atoms with Crippen LogP contribution >= 0.6 is 0 Å². The Morgan fingerprint density at radius 2 is 2.18 bits per heavy atom. The summed E-state index contributed by atoms with van der Waals surface area (Å²) < 4.78 is 1.45. The summed E-state index contributed by atoms with van der Waals surface area (Å²) in [6.45, 7) is 8.09. The van der Waals surface area contributed by atoms with E-state index in [-0.39, 0.29) is 30.2 Å². The fraction of sp³-hybridized carbons (Fsp3) is 0.500. The first kappa shape index (κ1) is 21.1. The lowest BCUT2D eigenvalue weighted by atomic mass is 10.2. The number of carboxylic acid groups (broad SMARTS) is 1. The number of anilines is 1. The molecule has 3 N–H and O–H groups in total. The Kier molecular flexibility index (Phi) is 7.30. The van der Waals surface area contributed by atoms with E-state index in [9.17, 15) is 14.4 Å². The van der Waals surface area contributed by atoms with Crippen molar-refractivity contribution in [3.05, 3.63) is 28.8 Å². The Morgan fingerprint density at radius 3 is 2.82 bits per heavy atom. The molecule has 152 valence electrons. The van der Waals surface area contributed by atoms with E-state index < -0.39 is 11.5 Å². The van der Waals surface area contributed by atoms with E-state index in [1.54, 1.807) is 0 Å². The van der Waals surface area contributed by atoms with Crippen molar-refractivity contribution in [2.75, 3.05) is 25.0 Å². The van der Waals surface area contributed by atoms with E-state index in [0.717, 1.165) is 18.4 Å². The molecule has 10 nitrogen and oxygen atoms in total. The Bertz CT molecular complexity index is 916. The average Bonchev–Trinajstić information content (AvgIpc) is 3.01. The number of nitrogens with one attached hydrogen (secondary N) is 2. The summed E-state index contributed by atoms with van der Waals surface area (Å²) in [6, 6.07) is 0. The molecule has 0 aromatic carbocycles. The van der Waals surface area contributed by atoms with Gasteiger partial charge in [0.05, 0.1) is 6.33 Å². The molecule has 0 saturated heterocycles. The number of aliphatic carboxylic acids is 1. The van der Waals surface area contributed by atoms with E-state index >= 15 is 0 Å². The largest absolute Gasteiger partial charge is 0.480 e. The fourth-order valence-corrected chi connectivity index (χ4v) is 2.72. The molecule has 0 atom stereocenters. The summed E-state index contributed by atoms with van der Waals surface area (Å²) in [7, 11) is 0. The summed E-state index contributed by atoms with van der Waals surface area (Å²) in [5.41, 5.74) is 1.06. The number of rotatable bonds is 11. The smallest absolute Gasteiger partial charge is 0.323 e. The highest BCUT2D eigenvalue weighted by atomic mass is 16.4. The number of carbonyl (C=O) groups is 2.